The Morgan fingerprint density at radius 2 is 1.94 bits per heavy atom. The zero-order chi connectivity index (χ0) is 23.4. The van der Waals surface area contributed by atoms with Crippen molar-refractivity contribution in [2.45, 2.75) is 33.7 Å². The van der Waals surface area contributed by atoms with Crippen molar-refractivity contribution in [1.29, 1.82) is 0 Å². The van der Waals surface area contributed by atoms with Gasteiger partial charge in [0.1, 0.15) is 11.5 Å². The van der Waals surface area contributed by atoms with Crippen molar-refractivity contribution in [3.05, 3.63) is 56.2 Å². The lowest BCUT2D eigenvalue weighted by molar-refractivity contribution is -0.140. The van der Waals surface area contributed by atoms with Gasteiger partial charge < -0.3 is 19.6 Å². The van der Waals surface area contributed by atoms with Crippen LogP contribution in [0.3, 0.4) is 0 Å². The van der Waals surface area contributed by atoms with Crippen LogP contribution in [-0.2, 0) is 9.59 Å². The van der Waals surface area contributed by atoms with E-state index >= 15 is 0 Å². The van der Waals surface area contributed by atoms with E-state index in [4.69, 9.17) is 16.3 Å². The highest BCUT2D eigenvalue weighted by Crippen LogP contribution is 2.43. The van der Waals surface area contributed by atoms with Crippen LogP contribution in [0, 0.1) is 6.92 Å². The van der Waals surface area contributed by atoms with Crippen LogP contribution in [-0.4, -0.2) is 59.4 Å². The molecule has 0 saturated carbocycles. The third kappa shape index (κ3) is 4.70. The zero-order valence-corrected chi connectivity index (χ0v) is 20.4. The molecule has 1 atom stereocenters. The predicted molar refractivity (Wildman–Crippen MR) is 128 cm³/mol. The first-order valence-corrected chi connectivity index (χ1v) is 12.1. The molecule has 1 fully saturated rings. The molecule has 8 heteroatoms. The number of ether oxygens (including phenoxy) is 1. The summed E-state index contributed by atoms with van der Waals surface area (Å²) in [4.78, 5) is 30.9. The molecule has 1 aliphatic rings. The number of hydrogen-bond donors (Lipinski definition) is 1. The topological polar surface area (TPSA) is 70.1 Å². The Labute approximate surface area is 198 Å². The number of likely N-dealkylation sites (N-methyl/N-ethyl adjacent to an activating group) is 1. The summed E-state index contributed by atoms with van der Waals surface area (Å²) in [5.74, 6) is -1.05. The number of carbonyl (C=O) groups is 2. The minimum Gasteiger partial charge on any atom is -0.507 e. The fraction of sp³-hybridized carbons (Fsp3) is 0.417. The molecule has 172 valence electrons. The highest BCUT2D eigenvalue weighted by molar-refractivity contribution is 7.10. The summed E-state index contributed by atoms with van der Waals surface area (Å²) in [6, 6.07) is 6.21. The number of aliphatic hydroxyl groups is 1. The molecule has 32 heavy (non-hydrogen) atoms. The van der Waals surface area contributed by atoms with E-state index in [0.29, 0.717) is 25.4 Å². The van der Waals surface area contributed by atoms with E-state index in [1.807, 2.05) is 25.3 Å². The number of Topliss-reactive ketones (excluding diaryl/α,β-unsaturated/α-hetero) is 1. The van der Waals surface area contributed by atoms with Crippen molar-refractivity contribution in [2.75, 3.05) is 32.8 Å². The Hall–Kier alpha value is -2.35. The van der Waals surface area contributed by atoms with Gasteiger partial charge in [-0.1, -0.05) is 25.4 Å². The summed E-state index contributed by atoms with van der Waals surface area (Å²) in [6.45, 7) is 11.1. The van der Waals surface area contributed by atoms with Crippen LogP contribution in [0.4, 0.5) is 0 Å². The van der Waals surface area contributed by atoms with Crippen LogP contribution >= 0.6 is 22.9 Å². The van der Waals surface area contributed by atoms with Crippen molar-refractivity contribution >= 4 is 40.4 Å². The minimum absolute atomic E-state index is 0.0654. The summed E-state index contributed by atoms with van der Waals surface area (Å²) in [7, 11) is 0. The molecule has 1 aromatic carbocycles. The van der Waals surface area contributed by atoms with Crippen LogP contribution in [0.5, 0.6) is 5.75 Å². The highest BCUT2D eigenvalue weighted by atomic mass is 35.5. The Balaban J connectivity index is 2.12. The second-order valence-corrected chi connectivity index (χ2v) is 8.92. The average Bonchev–Trinajstić information content (AvgIpc) is 3.31. The number of likely N-dealkylation sites (tertiary alicyclic amines) is 1. The lowest BCUT2D eigenvalue weighted by atomic mass is 9.98. The molecule has 2 aromatic rings. The Morgan fingerprint density at radius 3 is 2.53 bits per heavy atom. The third-order valence-electron chi connectivity index (χ3n) is 5.75. The van der Waals surface area contributed by atoms with Crippen LogP contribution in [0.15, 0.2) is 35.2 Å². The number of ketones is 1. The molecule has 3 rings (SSSR count). The van der Waals surface area contributed by atoms with E-state index in [-0.39, 0.29) is 21.9 Å². The van der Waals surface area contributed by atoms with E-state index < -0.39 is 17.7 Å². The predicted octanol–water partition coefficient (Wildman–Crippen LogP) is 4.87. The summed E-state index contributed by atoms with van der Waals surface area (Å²) < 4.78 is 5.53. The third-order valence-corrected chi connectivity index (χ3v) is 7.15. The SMILES string of the molecule is CCOc1ccc(Cl)c(/C(O)=C2\C(=O)C(=O)N(CCN(CC)CC)C2c2sccc2C)c1. The molecule has 1 aliphatic heterocycles. The molecule has 1 aromatic heterocycles. The maximum Gasteiger partial charge on any atom is 0.295 e. The molecule has 1 N–H and O–H groups in total. The quantitative estimate of drug-likeness (QED) is 0.317. The number of benzene rings is 1. The van der Waals surface area contributed by atoms with Gasteiger partial charge >= 0.3 is 0 Å². The number of hydrogen-bond acceptors (Lipinski definition) is 6. The highest BCUT2D eigenvalue weighted by Gasteiger charge is 2.47. The zero-order valence-electron chi connectivity index (χ0n) is 18.9. The van der Waals surface area contributed by atoms with Gasteiger partial charge in [0, 0.05) is 23.5 Å². The largest absolute Gasteiger partial charge is 0.507 e. The van der Waals surface area contributed by atoms with Crippen molar-refractivity contribution < 1.29 is 19.4 Å². The van der Waals surface area contributed by atoms with E-state index in [0.717, 1.165) is 23.5 Å². The molecule has 1 saturated heterocycles. The van der Waals surface area contributed by atoms with Gasteiger partial charge in [0.05, 0.1) is 23.2 Å². The normalized spacial score (nSPS) is 18.1. The van der Waals surface area contributed by atoms with E-state index in [1.54, 1.807) is 23.1 Å². The number of aryl methyl sites for hydroxylation is 1. The van der Waals surface area contributed by atoms with Crippen molar-refractivity contribution in [2.24, 2.45) is 0 Å². The maximum absolute atomic E-state index is 13.2. The second kappa shape index (κ2) is 10.5. The van der Waals surface area contributed by atoms with E-state index in [9.17, 15) is 14.7 Å². The number of halogens is 1. The van der Waals surface area contributed by atoms with Gasteiger partial charge in [0.25, 0.3) is 11.7 Å². The van der Waals surface area contributed by atoms with Crippen LogP contribution in [0.1, 0.15) is 42.8 Å². The van der Waals surface area contributed by atoms with Gasteiger partial charge in [-0.05, 0) is 62.1 Å². The summed E-state index contributed by atoms with van der Waals surface area (Å²) in [6.07, 6.45) is 0. The molecular weight excluding hydrogens is 448 g/mol. The van der Waals surface area contributed by atoms with Gasteiger partial charge in [0.2, 0.25) is 0 Å². The lowest BCUT2D eigenvalue weighted by Gasteiger charge is -2.27. The van der Waals surface area contributed by atoms with Crippen molar-refractivity contribution in [1.82, 2.24) is 9.80 Å². The molecule has 1 amide bonds. The fourth-order valence-electron chi connectivity index (χ4n) is 3.92. The van der Waals surface area contributed by atoms with Gasteiger partial charge in [-0.25, -0.2) is 0 Å². The fourth-order valence-corrected chi connectivity index (χ4v) is 5.18. The molecule has 6 nitrogen and oxygen atoms in total. The molecule has 0 bridgehead atoms. The van der Waals surface area contributed by atoms with Gasteiger partial charge in [-0.15, -0.1) is 11.3 Å². The van der Waals surface area contributed by atoms with Crippen LogP contribution in [0.25, 0.3) is 5.76 Å². The van der Waals surface area contributed by atoms with Gasteiger partial charge in [0.15, 0.2) is 0 Å². The first-order valence-electron chi connectivity index (χ1n) is 10.8. The molecule has 2 heterocycles. The number of rotatable bonds is 9. The van der Waals surface area contributed by atoms with Crippen LogP contribution in [0.2, 0.25) is 5.02 Å². The molecule has 0 spiro atoms. The number of thiophene rings is 1. The monoisotopic (exact) mass is 476 g/mol. The molecular formula is C24H29ClN2O4S. The number of carbonyl (C=O) groups excluding carboxylic acids is 2. The molecule has 1 unspecified atom stereocenters. The minimum atomic E-state index is -0.697. The van der Waals surface area contributed by atoms with Gasteiger partial charge in [-0.3, -0.25) is 9.59 Å². The number of amides is 1. The molecule has 0 radical (unpaired) electrons. The maximum atomic E-state index is 13.2. The standard InChI is InChI=1S/C24H29ClN2O4S/c1-5-26(6-2)11-12-27-20(23-15(4)10-13-32-23)19(22(29)24(27)30)21(28)17-14-16(31-7-3)8-9-18(17)25/h8-10,13-14,20,28H,5-7,11-12H2,1-4H3/b21-19+. The molecule has 0 aliphatic carbocycles. The lowest BCUT2D eigenvalue weighted by Crippen LogP contribution is -2.37. The number of aliphatic hydroxyl groups excluding tert-OH is 1. The van der Waals surface area contributed by atoms with Crippen molar-refractivity contribution in [3.63, 3.8) is 0 Å². The Kier molecular flexibility index (Phi) is 7.98. The van der Waals surface area contributed by atoms with Crippen molar-refractivity contribution in [3.8, 4) is 5.75 Å². The van der Waals surface area contributed by atoms with Crippen LogP contribution < -0.4 is 4.74 Å². The number of nitrogens with zero attached hydrogens (tertiary/aromatic N) is 2. The first kappa shape index (κ1) is 24.3. The summed E-state index contributed by atoms with van der Waals surface area (Å²) in [5.41, 5.74) is 1.31. The average molecular weight is 477 g/mol. The first-order chi connectivity index (χ1) is 15.3. The van der Waals surface area contributed by atoms with E-state index in [1.165, 1.54) is 11.3 Å². The Morgan fingerprint density at radius 1 is 1.22 bits per heavy atom. The van der Waals surface area contributed by atoms with E-state index in [2.05, 4.69) is 18.7 Å². The Bertz CT molecular complexity index is 1030. The second-order valence-electron chi connectivity index (χ2n) is 7.56. The smallest absolute Gasteiger partial charge is 0.295 e. The summed E-state index contributed by atoms with van der Waals surface area (Å²) >= 11 is 7.84. The van der Waals surface area contributed by atoms with Gasteiger partial charge in [-0.2, -0.15) is 0 Å². The summed E-state index contributed by atoms with van der Waals surface area (Å²) in [5, 5.41) is 13.5.